The average Bonchev–Trinajstić information content (AvgIpc) is 3.02. The highest BCUT2D eigenvalue weighted by Crippen LogP contribution is 2.32. The smallest absolute Gasteiger partial charge is 0.251 e. The van der Waals surface area contributed by atoms with E-state index < -0.39 is 17.6 Å². The molecule has 118 valence electrons. The Balaban J connectivity index is 1.56. The molecule has 6 nitrogen and oxygen atoms in total. The van der Waals surface area contributed by atoms with Gasteiger partial charge in [-0.05, 0) is 30.3 Å². The summed E-state index contributed by atoms with van der Waals surface area (Å²) in [7, 11) is 0. The van der Waals surface area contributed by atoms with Gasteiger partial charge in [-0.1, -0.05) is 12.1 Å². The van der Waals surface area contributed by atoms with E-state index >= 15 is 0 Å². The molecule has 3 rings (SSSR count). The van der Waals surface area contributed by atoms with Gasteiger partial charge in [0.25, 0.3) is 5.91 Å². The molecule has 2 aromatic rings. The SMILES string of the molecule is O=C(CNC(=O)c1ccc2c(c1)OCO2)Nc1ccccc1F. The van der Waals surface area contributed by atoms with Crippen LogP contribution in [0.5, 0.6) is 11.5 Å². The fourth-order valence-electron chi connectivity index (χ4n) is 2.06. The van der Waals surface area contributed by atoms with E-state index in [2.05, 4.69) is 10.6 Å². The number of halogens is 1. The van der Waals surface area contributed by atoms with Crippen LogP contribution >= 0.6 is 0 Å². The molecule has 2 N–H and O–H groups in total. The van der Waals surface area contributed by atoms with Gasteiger partial charge in [-0.3, -0.25) is 9.59 Å². The largest absolute Gasteiger partial charge is 0.454 e. The van der Waals surface area contributed by atoms with Crippen LogP contribution in [0.15, 0.2) is 42.5 Å². The molecule has 23 heavy (non-hydrogen) atoms. The normalized spacial score (nSPS) is 11.9. The van der Waals surface area contributed by atoms with Crippen molar-refractivity contribution in [1.29, 1.82) is 0 Å². The Labute approximate surface area is 131 Å². The highest BCUT2D eigenvalue weighted by atomic mass is 19.1. The van der Waals surface area contributed by atoms with E-state index in [9.17, 15) is 14.0 Å². The van der Waals surface area contributed by atoms with Gasteiger partial charge in [-0.15, -0.1) is 0 Å². The van der Waals surface area contributed by atoms with Gasteiger partial charge in [0.2, 0.25) is 12.7 Å². The molecule has 2 amide bonds. The van der Waals surface area contributed by atoms with Crippen LogP contribution in [0.1, 0.15) is 10.4 Å². The van der Waals surface area contributed by atoms with Gasteiger partial charge in [0.15, 0.2) is 11.5 Å². The molecule has 0 saturated heterocycles. The molecular formula is C16H13FN2O4. The summed E-state index contributed by atoms with van der Waals surface area (Å²) in [6.07, 6.45) is 0. The van der Waals surface area contributed by atoms with Crippen molar-refractivity contribution < 1.29 is 23.5 Å². The molecule has 1 aliphatic rings. The molecule has 0 radical (unpaired) electrons. The van der Waals surface area contributed by atoms with Crippen molar-refractivity contribution in [2.45, 2.75) is 0 Å². The molecule has 0 atom stereocenters. The van der Waals surface area contributed by atoms with Crippen LogP contribution in [-0.2, 0) is 4.79 Å². The van der Waals surface area contributed by atoms with E-state index in [4.69, 9.17) is 9.47 Å². The minimum absolute atomic E-state index is 0.0647. The number of hydrogen-bond acceptors (Lipinski definition) is 4. The Hall–Kier alpha value is -3.09. The van der Waals surface area contributed by atoms with E-state index in [0.29, 0.717) is 17.1 Å². The molecule has 2 aromatic carbocycles. The highest BCUT2D eigenvalue weighted by molar-refractivity contribution is 5.99. The van der Waals surface area contributed by atoms with Crippen molar-refractivity contribution in [1.82, 2.24) is 5.32 Å². The van der Waals surface area contributed by atoms with Crippen LogP contribution < -0.4 is 20.1 Å². The number of ether oxygens (including phenoxy) is 2. The summed E-state index contributed by atoms with van der Waals surface area (Å²) in [5, 5.41) is 4.85. The first kappa shape index (κ1) is 14.8. The van der Waals surface area contributed by atoms with E-state index in [1.165, 1.54) is 24.3 Å². The summed E-state index contributed by atoms with van der Waals surface area (Å²) in [5.74, 6) is -0.452. The maximum absolute atomic E-state index is 13.4. The topological polar surface area (TPSA) is 76.7 Å². The standard InChI is InChI=1S/C16H13FN2O4/c17-11-3-1-2-4-12(11)19-15(20)8-18-16(21)10-5-6-13-14(7-10)23-9-22-13/h1-7H,8-9H2,(H,18,21)(H,19,20). The summed E-state index contributed by atoms with van der Waals surface area (Å²) < 4.78 is 23.8. The van der Waals surface area contributed by atoms with Crippen molar-refractivity contribution >= 4 is 17.5 Å². The van der Waals surface area contributed by atoms with Gasteiger partial charge in [0, 0.05) is 5.56 Å². The maximum atomic E-state index is 13.4. The third kappa shape index (κ3) is 3.39. The molecule has 7 heteroatoms. The van der Waals surface area contributed by atoms with Gasteiger partial charge >= 0.3 is 0 Å². The van der Waals surface area contributed by atoms with E-state index in [1.807, 2.05) is 0 Å². The lowest BCUT2D eigenvalue weighted by Crippen LogP contribution is -2.33. The number of benzene rings is 2. The van der Waals surface area contributed by atoms with Crippen LogP contribution in [0, 0.1) is 5.82 Å². The quantitative estimate of drug-likeness (QED) is 0.903. The zero-order valence-corrected chi connectivity index (χ0v) is 12.0. The lowest BCUT2D eigenvalue weighted by molar-refractivity contribution is -0.115. The summed E-state index contributed by atoms with van der Waals surface area (Å²) in [5.41, 5.74) is 0.405. The Morgan fingerprint density at radius 3 is 2.70 bits per heavy atom. The molecule has 0 unspecified atom stereocenters. The lowest BCUT2D eigenvalue weighted by atomic mass is 10.2. The monoisotopic (exact) mass is 316 g/mol. The zero-order valence-electron chi connectivity index (χ0n) is 12.0. The summed E-state index contributed by atoms with van der Waals surface area (Å²) >= 11 is 0. The van der Waals surface area contributed by atoms with Crippen molar-refractivity contribution in [3.63, 3.8) is 0 Å². The Bertz CT molecular complexity index is 763. The van der Waals surface area contributed by atoms with Crippen LogP contribution in [0.25, 0.3) is 0 Å². The predicted molar refractivity (Wildman–Crippen MR) is 79.9 cm³/mol. The molecule has 0 fully saturated rings. The number of para-hydroxylation sites is 1. The third-order valence-corrected chi connectivity index (χ3v) is 3.19. The number of anilines is 1. The number of fused-ring (bicyclic) bond motifs is 1. The van der Waals surface area contributed by atoms with Crippen molar-refractivity contribution in [2.24, 2.45) is 0 Å². The zero-order chi connectivity index (χ0) is 16.2. The Kier molecular flexibility index (Phi) is 4.09. The molecule has 0 aliphatic carbocycles. The van der Waals surface area contributed by atoms with Crippen molar-refractivity contribution in [2.75, 3.05) is 18.7 Å². The molecule has 0 spiro atoms. The molecular weight excluding hydrogens is 303 g/mol. The molecule has 1 aliphatic heterocycles. The van der Waals surface area contributed by atoms with Gasteiger partial charge in [0.05, 0.1) is 12.2 Å². The number of nitrogens with one attached hydrogen (secondary N) is 2. The predicted octanol–water partition coefficient (Wildman–Crippen LogP) is 1.92. The molecule has 0 aromatic heterocycles. The number of hydrogen-bond donors (Lipinski definition) is 2. The first-order valence-electron chi connectivity index (χ1n) is 6.86. The van der Waals surface area contributed by atoms with Crippen molar-refractivity contribution in [3.05, 3.63) is 53.8 Å². The van der Waals surface area contributed by atoms with Crippen LogP contribution in [-0.4, -0.2) is 25.2 Å². The van der Waals surface area contributed by atoms with Crippen LogP contribution in [0.3, 0.4) is 0 Å². The Morgan fingerprint density at radius 1 is 1.09 bits per heavy atom. The van der Waals surface area contributed by atoms with E-state index in [0.717, 1.165) is 0 Å². The lowest BCUT2D eigenvalue weighted by Gasteiger charge is -2.08. The van der Waals surface area contributed by atoms with E-state index in [1.54, 1.807) is 18.2 Å². The minimum Gasteiger partial charge on any atom is -0.454 e. The number of rotatable bonds is 4. The molecule has 1 heterocycles. The average molecular weight is 316 g/mol. The van der Waals surface area contributed by atoms with Gasteiger partial charge < -0.3 is 20.1 Å². The van der Waals surface area contributed by atoms with Gasteiger partial charge in [-0.25, -0.2) is 4.39 Å². The fourth-order valence-corrected chi connectivity index (χ4v) is 2.06. The molecule has 0 saturated carbocycles. The van der Waals surface area contributed by atoms with Gasteiger partial charge in [0.1, 0.15) is 5.82 Å². The van der Waals surface area contributed by atoms with Crippen molar-refractivity contribution in [3.8, 4) is 11.5 Å². The number of carbonyl (C=O) groups excluding carboxylic acids is 2. The second-order valence-corrected chi connectivity index (χ2v) is 4.78. The maximum Gasteiger partial charge on any atom is 0.251 e. The van der Waals surface area contributed by atoms with E-state index in [-0.39, 0.29) is 19.0 Å². The van der Waals surface area contributed by atoms with Gasteiger partial charge in [-0.2, -0.15) is 0 Å². The second kappa shape index (κ2) is 6.35. The minimum atomic E-state index is -0.539. The second-order valence-electron chi connectivity index (χ2n) is 4.78. The first-order chi connectivity index (χ1) is 11.1. The van der Waals surface area contributed by atoms with Crippen LogP contribution in [0.4, 0.5) is 10.1 Å². The fraction of sp³-hybridized carbons (Fsp3) is 0.125. The summed E-state index contributed by atoms with van der Waals surface area (Å²) in [6, 6.07) is 10.5. The number of carbonyl (C=O) groups is 2. The highest BCUT2D eigenvalue weighted by Gasteiger charge is 2.16. The number of amides is 2. The molecule has 0 bridgehead atoms. The van der Waals surface area contributed by atoms with Crippen LogP contribution in [0.2, 0.25) is 0 Å². The summed E-state index contributed by atoms with van der Waals surface area (Å²) in [6.45, 7) is -0.160. The first-order valence-corrected chi connectivity index (χ1v) is 6.86. The third-order valence-electron chi connectivity index (χ3n) is 3.19. The Morgan fingerprint density at radius 2 is 1.87 bits per heavy atom. The summed E-state index contributed by atoms with van der Waals surface area (Å²) in [4.78, 5) is 23.8.